The highest BCUT2D eigenvalue weighted by molar-refractivity contribution is 5.91. The lowest BCUT2D eigenvalue weighted by molar-refractivity contribution is -0.116. The van der Waals surface area contributed by atoms with Gasteiger partial charge in [-0.2, -0.15) is 0 Å². The Labute approximate surface area is 129 Å². The zero-order valence-corrected chi connectivity index (χ0v) is 12.1. The van der Waals surface area contributed by atoms with E-state index < -0.39 is 0 Å². The second-order valence-corrected chi connectivity index (χ2v) is 4.52. The third kappa shape index (κ3) is 5.03. The van der Waals surface area contributed by atoms with E-state index in [0.29, 0.717) is 12.3 Å². The molecule has 1 heterocycles. The van der Waals surface area contributed by atoms with E-state index >= 15 is 0 Å². The SMILES string of the molecule is O=C(/C=C/c1cccnc1)NCc1ccccc1OCCO. The van der Waals surface area contributed by atoms with Gasteiger partial charge < -0.3 is 15.2 Å². The molecule has 0 bridgehead atoms. The first-order valence-corrected chi connectivity index (χ1v) is 6.97. The van der Waals surface area contributed by atoms with E-state index in [-0.39, 0.29) is 19.1 Å². The number of ether oxygens (including phenoxy) is 1. The number of hydrogen-bond donors (Lipinski definition) is 2. The molecule has 0 atom stereocenters. The van der Waals surface area contributed by atoms with Crippen LogP contribution in [0.25, 0.3) is 6.08 Å². The number of nitrogens with one attached hydrogen (secondary N) is 1. The number of amides is 1. The number of aromatic nitrogens is 1. The fraction of sp³-hybridized carbons (Fsp3) is 0.176. The molecule has 0 aliphatic rings. The first-order valence-electron chi connectivity index (χ1n) is 6.97. The molecule has 1 amide bonds. The van der Waals surface area contributed by atoms with Crippen molar-refractivity contribution in [3.63, 3.8) is 0 Å². The Morgan fingerprint density at radius 2 is 2.14 bits per heavy atom. The molecular formula is C17H18N2O3. The molecule has 1 aromatic heterocycles. The van der Waals surface area contributed by atoms with Gasteiger partial charge >= 0.3 is 0 Å². The predicted octanol–water partition coefficient (Wildman–Crippen LogP) is 1.78. The molecule has 2 rings (SSSR count). The minimum Gasteiger partial charge on any atom is -0.491 e. The van der Waals surface area contributed by atoms with Crippen molar-refractivity contribution < 1.29 is 14.6 Å². The van der Waals surface area contributed by atoms with Crippen LogP contribution in [0.2, 0.25) is 0 Å². The van der Waals surface area contributed by atoms with E-state index in [9.17, 15) is 4.79 Å². The lowest BCUT2D eigenvalue weighted by atomic mass is 10.2. The number of pyridine rings is 1. The molecule has 2 aromatic rings. The largest absolute Gasteiger partial charge is 0.491 e. The lowest BCUT2D eigenvalue weighted by Crippen LogP contribution is -2.20. The molecule has 22 heavy (non-hydrogen) atoms. The normalized spacial score (nSPS) is 10.6. The summed E-state index contributed by atoms with van der Waals surface area (Å²) in [4.78, 5) is 15.8. The van der Waals surface area contributed by atoms with Crippen LogP contribution in [-0.2, 0) is 11.3 Å². The highest BCUT2D eigenvalue weighted by Gasteiger charge is 2.04. The maximum absolute atomic E-state index is 11.8. The molecule has 2 N–H and O–H groups in total. The Kier molecular flexibility index (Phi) is 6.14. The van der Waals surface area contributed by atoms with Gasteiger partial charge in [0.05, 0.1) is 6.61 Å². The van der Waals surface area contributed by atoms with Crippen LogP contribution in [-0.4, -0.2) is 29.2 Å². The minimum atomic E-state index is -0.194. The Hall–Kier alpha value is -2.66. The molecule has 0 saturated carbocycles. The van der Waals surface area contributed by atoms with E-state index in [1.54, 1.807) is 18.5 Å². The first-order chi connectivity index (χ1) is 10.8. The number of carbonyl (C=O) groups excluding carboxylic acids is 1. The summed E-state index contributed by atoms with van der Waals surface area (Å²) in [5, 5.41) is 11.6. The Morgan fingerprint density at radius 1 is 1.27 bits per heavy atom. The summed E-state index contributed by atoms with van der Waals surface area (Å²) in [6, 6.07) is 11.1. The van der Waals surface area contributed by atoms with Crippen molar-refractivity contribution in [3.8, 4) is 5.75 Å². The number of hydrogen-bond acceptors (Lipinski definition) is 4. The van der Waals surface area contributed by atoms with Gasteiger partial charge in [-0.1, -0.05) is 24.3 Å². The van der Waals surface area contributed by atoms with Crippen molar-refractivity contribution in [2.45, 2.75) is 6.54 Å². The molecular weight excluding hydrogens is 280 g/mol. The fourth-order valence-electron chi connectivity index (χ4n) is 1.83. The monoisotopic (exact) mass is 298 g/mol. The number of aliphatic hydroxyl groups excluding tert-OH is 1. The smallest absolute Gasteiger partial charge is 0.244 e. The maximum Gasteiger partial charge on any atom is 0.244 e. The van der Waals surface area contributed by atoms with Gasteiger partial charge in [0.15, 0.2) is 0 Å². The molecule has 0 saturated heterocycles. The molecule has 0 fully saturated rings. The summed E-state index contributed by atoms with van der Waals surface area (Å²) in [5.41, 5.74) is 1.73. The Balaban J connectivity index is 1.90. The second-order valence-electron chi connectivity index (χ2n) is 4.52. The molecule has 0 aliphatic carbocycles. The summed E-state index contributed by atoms with van der Waals surface area (Å²) in [6.45, 7) is 0.540. The summed E-state index contributed by atoms with van der Waals surface area (Å²) >= 11 is 0. The van der Waals surface area contributed by atoms with E-state index in [1.807, 2.05) is 36.4 Å². The van der Waals surface area contributed by atoms with Gasteiger partial charge in [0, 0.05) is 30.6 Å². The van der Waals surface area contributed by atoms with Crippen LogP contribution in [0.5, 0.6) is 5.75 Å². The summed E-state index contributed by atoms with van der Waals surface area (Å²) < 4.78 is 5.42. The Morgan fingerprint density at radius 3 is 2.91 bits per heavy atom. The van der Waals surface area contributed by atoms with Crippen LogP contribution in [0.1, 0.15) is 11.1 Å². The molecule has 5 heteroatoms. The third-order valence-corrected chi connectivity index (χ3v) is 2.89. The standard InChI is InChI=1S/C17H18N2O3/c20-10-11-22-16-6-2-1-5-15(16)13-19-17(21)8-7-14-4-3-9-18-12-14/h1-9,12,20H,10-11,13H2,(H,19,21)/b8-7+. The number of para-hydroxylation sites is 1. The molecule has 0 unspecified atom stereocenters. The van der Waals surface area contributed by atoms with Gasteiger partial charge in [-0.15, -0.1) is 0 Å². The predicted molar refractivity (Wildman–Crippen MR) is 84.1 cm³/mol. The topological polar surface area (TPSA) is 71.5 Å². The number of benzene rings is 1. The van der Waals surface area contributed by atoms with E-state index in [4.69, 9.17) is 9.84 Å². The summed E-state index contributed by atoms with van der Waals surface area (Å²) in [7, 11) is 0. The van der Waals surface area contributed by atoms with Crippen molar-refractivity contribution in [3.05, 3.63) is 66.0 Å². The van der Waals surface area contributed by atoms with Crippen molar-refractivity contribution >= 4 is 12.0 Å². The second kappa shape index (κ2) is 8.59. The molecule has 0 radical (unpaired) electrons. The molecule has 5 nitrogen and oxygen atoms in total. The molecule has 0 aliphatic heterocycles. The zero-order valence-electron chi connectivity index (χ0n) is 12.1. The van der Waals surface area contributed by atoms with Gasteiger partial charge in [-0.25, -0.2) is 0 Å². The highest BCUT2D eigenvalue weighted by atomic mass is 16.5. The van der Waals surface area contributed by atoms with Crippen LogP contribution in [0.4, 0.5) is 0 Å². The van der Waals surface area contributed by atoms with Crippen LogP contribution in [0, 0.1) is 0 Å². The first kappa shape index (κ1) is 15.7. The van der Waals surface area contributed by atoms with Crippen LogP contribution in [0.15, 0.2) is 54.9 Å². The van der Waals surface area contributed by atoms with Crippen molar-refractivity contribution in [1.29, 1.82) is 0 Å². The fourth-order valence-corrected chi connectivity index (χ4v) is 1.83. The summed E-state index contributed by atoms with van der Waals surface area (Å²) in [5.74, 6) is 0.467. The number of aliphatic hydroxyl groups is 1. The van der Waals surface area contributed by atoms with Crippen molar-refractivity contribution in [2.75, 3.05) is 13.2 Å². The van der Waals surface area contributed by atoms with Gasteiger partial charge in [0.25, 0.3) is 0 Å². The Bertz CT molecular complexity index is 627. The van der Waals surface area contributed by atoms with Crippen molar-refractivity contribution in [1.82, 2.24) is 10.3 Å². The molecule has 114 valence electrons. The zero-order chi connectivity index (χ0) is 15.6. The lowest BCUT2D eigenvalue weighted by Gasteiger charge is -2.10. The van der Waals surface area contributed by atoms with Crippen molar-refractivity contribution in [2.24, 2.45) is 0 Å². The van der Waals surface area contributed by atoms with E-state index in [2.05, 4.69) is 10.3 Å². The average Bonchev–Trinajstić information content (AvgIpc) is 2.58. The van der Waals surface area contributed by atoms with Crippen LogP contribution < -0.4 is 10.1 Å². The van der Waals surface area contributed by atoms with Gasteiger partial charge in [0.1, 0.15) is 12.4 Å². The molecule has 0 spiro atoms. The quantitative estimate of drug-likeness (QED) is 0.764. The number of carbonyl (C=O) groups is 1. The van der Waals surface area contributed by atoms with Gasteiger partial charge in [-0.05, 0) is 23.8 Å². The highest BCUT2D eigenvalue weighted by Crippen LogP contribution is 2.17. The average molecular weight is 298 g/mol. The van der Waals surface area contributed by atoms with E-state index in [0.717, 1.165) is 11.1 Å². The van der Waals surface area contributed by atoms with E-state index in [1.165, 1.54) is 6.08 Å². The van der Waals surface area contributed by atoms with Gasteiger partial charge in [0.2, 0.25) is 5.91 Å². The van der Waals surface area contributed by atoms with Crippen LogP contribution in [0.3, 0.4) is 0 Å². The molecule has 1 aromatic carbocycles. The third-order valence-electron chi connectivity index (χ3n) is 2.89. The summed E-state index contributed by atoms with van der Waals surface area (Å²) in [6.07, 6.45) is 6.53. The number of nitrogens with zero attached hydrogens (tertiary/aromatic N) is 1. The van der Waals surface area contributed by atoms with Crippen LogP contribution >= 0.6 is 0 Å². The van der Waals surface area contributed by atoms with Gasteiger partial charge in [-0.3, -0.25) is 9.78 Å². The maximum atomic E-state index is 11.8. The number of rotatable bonds is 7. The minimum absolute atomic E-state index is 0.0471.